The summed E-state index contributed by atoms with van der Waals surface area (Å²) < 4.78 is 0. The van der Waals surface area contributed by atoms with Crippen LogP contribution in [0.2, 0.25) is 0 Å². The topological polar surface area (TPSA) is 99.0 Å². The van der Waals surface area contributed by atoms with Gasteiger partial charge < -0.3 is 30.5 Å². The van der Waals surface area contributed by atoms with Crippen LogP contribution in [0.25, 0.3) is 11.1 Å². The second-order valence-corrected chi connectivity index (χ2v) is 10.9. The van der Waals surface area contributed by atoms with E-state index in [0.717, 1.165) is 53.9 Å². The van der Waals surface area contributed by atoms with E-state index in [1.54, 1.807) is 35.2 Å². The molecule has 0 bridgehead atoms. The molecule has 3 N–H and O–H groups in total. The van der Waals surface area contributed by atoms with Gasteiger partial charge in [-0.3, -0.25) is 9.59 Å². The Bertz CT molecular complexity index is 1580. The Labute approximate surface area is 252 Å². The number of aldehydes is 1. The summed E-state index contributed by atoms with van der Waals surface area (Å²) >= 11 is 0. The minimum absolute atomic E-state index is 0.198. The molecule has 1 heterocycles. The molecule has 2 amide bonds. The molecule has 1 atom stereocenters. The molecule has 0 aromatic heterocycles. The summed E-state index contributed by atoms with van der Waals surface area (Å²) in [5, 5.41) is 2.96. The van der Waals surface area contributed by atoms with Gasteiger partial charge in [0.25, 0.3) is 11.8 Å². The van der Waals surface area contributed by atoms with Gasteiger partial charge in [0.05, 0.1) is 17.9 Å². The molecule has 0 saturated carbocycles. The highest BCUT2D eigenvalue weighted by Gasteiger charge is 2.33. The highest BCUT2D eigenvalue weighted by Crippen LogP contribution is 2.36. The SMILES string of the molecule is CN(C)CCCN1c2ccccc2N(C(=O)c2ccc(NC(=O)c3ccccc3-c3ccc(CN)cc3)cc2)CC1C=O. The van der Waals surface area contributed by atoms with Gasteiger partial charge in [0.15, 0.2) is 0 Å². The zero-order chi connectivity index (χ0) is 30.3. The van der Waals surface area contributed by atoms with Gasteiger partial charge in [0.2, 0.25) is 0 Å². The standard InChI is InChI=1S/C35H37N5O3/c1-38(2)20-7-21-39-29(24-41)23-40(33-11-6-5-10-32(33)39)35(43)27-16-18-28(19-17-27)37-34(42)31-9-4-3-8-30(31)26-14-12-25(22-36)13-15-26/h3-6,8-19,24,29H,7,20-23,36H2,1-2H3,(H,37,42). The van der Waals surface area contributed by atoms with Gasteiger partial charge >= 0.3 is 0 Å². The van der Waals surface area contributed by atoms with E-state index in [2.05, 4.69) is 15.1 Å². The van der Waals surface area contributed by atoms with Crippen molar-refractivity contribution in [3.63, 3.8) is 0 Å². The molecule has 4 aromatic carbocycles. The molecule has 0 saturated heterocycles. The molecular weight excluding hydrogens is 538 g/mol. The average Bonchev–Trinajstić information content (AvgIpc) is 3.04. The molecule has 0 aliphatic carbocycles. The Balaban J connectivity index is 1.32. The maximum atomic E-state index is 13.7. The van der Waals surface area contributed by atoms with E-state index >= 15 is 0 Å². The zero-order valence-electron chi connectivity index (χ0n) is 24.6. The van der Waals surface area contributed by atoms with Crippen LogP contribution in [0.3, 0.4) is 0 Å². The smallest absolute Gasteiger partial charge is 0.258 e. The number of nitrogens with one attached hydrogen (secondary N) is 1. The first-order valence-corrected chi connectivity index (χ1v) is 14.5. The predicted molar refractivity (Wildman–Crippen MR) is 173 cm³/mol. The summed E-state index contributed by atoms with van der Waals surface area (Å²) in [6.45, 7) is 2.35. The van der Waals surface area contributed by atoms with Crippen LogP contribution in [0.15, 0.2) is 97.1 Å². The molecule has 0 radical (unpaired) electrons. The van der Waals surface area contributed by atoms with Gasteiger partial charge in [-0.25, -0.2) is 0 Å². The van der Waals surface area contributed by atoms with Crippen LogP contribution in [0.5, 0.6) is 0 Å². The number of amides is 2. The number of para-hydroxylation sites is 2. The van der Waals surface area contributed by atoms with Crippen LogP contribution in [-0.2, 0) is 11.3 Å². The first-order valence-electron chi connectivity index (χ1n) is 14.5. The Morgan fingerprint density at radius 1 is 0.907 bits per heavy atom. The number of hydrogen-bond donors (Lipinski definition) is 2. The highest BCUT2D eigenvalue weighted by atomic mass is 16.2. The van der Waals surface area contributed by atoms with Crippen molar-refractivity contribution >= 4 is 35.2 Å². The second kappa shape index (κ2) is 13.5. The molecule has 220 valence electrons. The molecule has 43 heavy (non-hydrogen) atoms. The van der Waals surface area contributed by atoms with Gasteiger partial charge in [-0.1, -0.05) is 54.6 Å². The molecule has 8 heteroatoms. The molecule has 5 rings (SSSR count). The quantitative estimate of drug-likeness (QED) is 0.257. The monoisotopic (exact) mass is 575 g/mol. The van der Waals surface area contributed by atoms with Crippen LogP contribution in [-0.4, -0.2) is 62.8 Å². The fourth-order valence-electron chi connectivity index (χ4n) is 5.45. The molecule has 8 nitrogen and oxygen atoms in total. The lowest BCUT2D eigenvalue weighted by Gasteiger charge is -2.41. The number of carbonyl (C=O) groups excluding carboxylic acids is 3. The largest absolute Gasteiger partial charge is 0.358 e. The number of anilines is 3. The fraction of sp³-hybridized carbons (Fsp3) is 0.229. The summed E-state index contributed by atoms with van der Waals surface area (Å²) in [4.78, 5) is 45.1. The van der Waals surface area contributed by atoms with Crippen molar-refractivity contribution in [1.29, 1.82) is 0 Å². The van der Waals surface area contributed by atoms with E-state index in [4.69, 9.17) is 5.73 Å². The predicted octanol–water partition coefficient (Wildman–Crippen LogP) is 5.05. The maximum Gasteiger partial charge on any atom is 0.258 e. The second-order valence-electron chi connectivity index (χ2n) is 10.9. The first kappa shape index (κ1) is 29.7. The normalized spacial score (nSPS) is 14.4. The molecule has 0 spiro atoms. The van der Waals surface area contributed by atoms with Crippen LogP contribution in [0.4, 0.5) is 17.1 Å². The van der Waals surface area contributed by atoms with E-state index in [1.807, 2.05) is 80.8 Å². The third-order valence-electron chi connectivity index (χ3n) is 7.72. The van der Waals surface area contributed by atoms with Crippen molar-refractivity contribution in [1.82, 2.24) is 4.90 Å². The van der Waals surface area contributed by atoms with E-state index in [0.29, 0.717) is 23.4 Å². The lowest BCUT2D eigenvalue weighted by Crippen LogP contribution is -2.52. The summed E-state index contributed by atoms with van der Waals surface area (Å²) in [6.07, 6.45) is 1.83. The van der Waals surface area contributed by atoms with Gasteiger partial charge in [-0.2, -0.15) is 0 Å². The summed E-state index contributed by atoms with van der Waals surface area (Å²) in [5.41, 5.74) is 11.7. The number of nitrogens with zero attached hydrogens (tertiary/aromatic N) is 3. The Morgan fingerprint density at radius 3 is 2.26 bits per heavy atom. The Hall–Kier alpha value is -4.79. The van der Waals surface area contributed by atoms with E-state index in [9.17, 15) is 14.4 Å². The zero-order valence-corrected chi connectivity index (χ0v) is 24.6. The average molecular weight is 576 g/mol. The number of rotatable bonds is 10. The molecular formula is C35H37N5O3. The van der Waals surface area contributed by atoms with E-state index < -0.39 is 6.04 Å². The van der Waals surface area contributed by atoms with Gasteiger partial charge in [0, 0.05) is 29.9 Å². The molecule has 0 fully saturated rings. The lowest BCUT2D eigenvalue weighted by atomic mass is 9.98. The van der Waals surface area contributed by atoms with Crippen molar-refractivity contribution in [3.05, 3.63) is 114 Å². The third kappa shape index (κ3) is 6.66. The minimum atomic E-state index is -0.439. The Kier molecular flexibility index (Phi) is 9.29. The van der Waals surface area contributed by atoms with E-state index in [-0.39, 0.29) is 18.4 Å². The summed E-state index contributed by atoms with van der Waals surface area (Å²) in [6, 6.07) is 29.4. The maximum absolute atomic E-state index is 13.7. The number of benzene rings is 4. The van der Waals surface area contributed by atoms with Crippen LogP contribution in [0.1, 0.15) is 32.7 Å². The number of hydrogen-bond acceptors (Lipinski definition) is 6. The number of nitrogens with two attached hydrogens (primary N) is 1. The van der Waals surface area contributed by atoms with Crippen LogP contribution in [0, 0.1) is 0 Å². The van der Waals surface area contributed by atoms with Crippen LogP contribution < -0.4 is 20.9 Å². The van der Waals surface area contributed by atoms with Gasteiger partial charge in [0.1, 0.15) is 12.3 Å². The van der Waals surface area contributed by atoms with Crippen molar-refractivity contribution in [2.45, 2.75) is 19.0 Å². The minimum Gasteiger partial charge on any atom is -0.358 e. The molecule has 1 aliphatic rings. The Morgan fingerprint density at radius 2 is 1.58 bits per heavy atom. The third-order valence-corrected chi connectivity index (χ3v) is 7.72. The van der Waals surface area contributed by atoms with E-state index in [1.165, 1.54) is 0 Å². The number of fused-ring (bicyclic) bond motifs is 1. The number of carbonyl (C=O) groups is 3. The fourth-order valence-corrected chi connectivity index (χ4v) is 5.45. The van der Waals surface area contributed by atoms with Gasteiger partial charge in [-0.05, 0) is 86.2 Å². The molecule has 1 aliphatic heterocycles. The van der Waals surface area contributed by atoms with Crippen molar-refractivity contribution in [2.75, 3.05) is 48.8 Å². The van der Waals surface area contributed by atoms with Crippen molar-refractivity contribution in [2.24, 2.45) is 5.73 Å². The lowest BCUT2D eigenvalue weighted by molar-refractivity contribution is -0.108. The van der Waals surface area contributed by atoms with Crippen LogP contribution >= 0.6 is 0 Å². The summed E-state index contributed by atoms with van der Waals surface area (Å²) in [7, 11) is 4.06. The van der Waals surface area contributed by atoms with Gasteiger partial charge in [-0.15, -0.1) is 0 Å². The summed E-state index contributed by atoms with van der Waals surface area (Å²) in [5.74, 6) is -0.442. The first-order chi connectivity index (χ1) is 20.9. The molecule has 1 unspecified atom stereocenters. The molecule has 4 aromatic rings. The van der Waals surface area contributed by atoms with Crippen molar-refractivity contribution in [3.8, 4) is 11.1 Å². The van der Waals surface area contributed by atoms with Crippen molar-refractivity contribution < 1.29 is 14.4 Å². The highest BCUT2D eigenvalue weighted by molar-refractivity contribution is 6.11.